The quantitative estimate of drug-likeness (QED) is 0.788. The van der Waals surface area contributed by atoms with Crippen LogP contribution in [-0.2, 0) is 17.7 Å². The van der Waals surface area contributed by atoms with Crippen LogP contribution in [0.5, 0.6) is 0 Å². The molecule has 1 atom stereocenters. The van der Waals surface area contributed by atoms with E-state index in [1.165, 1.54) is 31.5 Å². The van der Waals surface area contributed by atoms with Crippen molar-refractivity contribution in [2.24, 2.45) is 5.92 Å². The molecule has 2 aliphatic rings. The van der Waals surface area contributed by atoms with Gasteiger partial charge >= 0.3 is 0 Å². The number of hydrogen-bond acceptors (Lipinski definition) is 3. The SMILES string of the molecule is CCc1nnc2n1CCCC2C1CCOCC1. The van der Waals surface area contributed by atoms with E-state index in [1.54, 1.807) is 0 Å². The summed E-state index contributed by atoms with van der Waals surface area (Å²) >= 11 is 0. The van der Waals surface area contributed by atoms with Crippen LogP contribution < -0.4 is 0 Å². The summed E-state index contributed by atoms with van der Waals surface area (Å²) < 4.78 is 7.83. The average Bonchev–Trinajstić information content (AvgIpc) is 2.82. The number of aryl methyl sites for hydroxylation is 1. The molecule has 0 bridgehead atoms. The minimum absolute atomic E-state index is 0.625. The van der Waals surface area contributed by atoms with Gasteiger partial charge in [-0.2, -0.15) is 0 Å². The molecular weight excluding hydrogens is 214 g/mol. The lowest BCUT2D eigenvalue weighted by Gasteiger charge is -2.32. The van der Waals surface area contributed by atoms with Crippen molar-refractivity contribution in [3.63, 3.8) is 0 Å². The first-order chi connectivity index (χ1) is 8.40. The van der Waals surface area contributed by atoms with Crippen LogP contribution in [0.2, 0.25) is 0 Å². The molecule has 0 aliphatic carbocycles. The van der Waals surface area contributed by atoms with E-state index in [0.717, 1.165) is 37.9 Å². The van der Waals surface area contributed by atoms with Crippen molar-refractivity contribution < 1.29 is 4.74 Å². The standard InChI is InChI=1S/C13H21N3O/c1-2-12-14-15-13-11(4-3-7-16(12)13)10-5-8-17-9-6-10/h10-11H,2-9H2,1H3. The Hall–Kier alpha value is -0.900. The lowest BCUT2D eigenvalue weighted by Crippen LogP contribution is -2.27. The highest BCUT2D eigenvalue weighted by Gasteiger charge is 2.32. The van der Waals surface area contributed by atoms with Crippen LogP contribution in [0.4, 0.5) is 0 Å². The second-order valence-electron chi connectivity index (χ2n) is 5.18. The number of hydrogen-bond donors (Lipinski definition) is 0. The average molecular weight is 235 g/mol. The Morgan fingerprint density at radius 1 is 1.24 bits per heavy atom. The normalized spacial score (nSPS) is 25.8. The lowest BCUT2D eigenvalue weighted by molar-refractivity contribution is 0.0533. The molecule has 0 amide bonds. The van der Waals surface area contributed by atoms with E-state index in [1.807, 2.05) is 0 Å². The second-order valence-corrected chi connectivity index (χ2v) is 5.18. The van der Waals surface area contributed by atoms with Crippen LogP contribution in [0.1, 0.15) is 50.2 Å². The summed E-state index contributed by atoms with van der Waals surface area (Å²) in [4.78, 5) is 0. The summed E-state index contributed by atoms with van der Waals surface area (Å²) in [6.07, 6.45) is 5.94. The highest BCUT2D eigenvalue weighted by atomic mass is 16.5. The van der Waals surface area contributed by atoms with Gasteiger partial charge in [-0.3, -0.25) is 0 Å². The summed E-state index contributed by atoms with van der Waals surface area (Å²) in [6, 6.07) is 0. The van der Waals surface area contributed by atoms with E-state index in [2.05, 4.69) is 21.7 Å². The Morgan fingerprint density at radius 3 is 2.82 bits per heavy atom. The van der Waals surface area contributed by atoms with Gasteiger partial charge < -0.3 is 9.30 Å². The van der Waals surface area contributed by atoms with Gasteiger partial charge in [-0.15, -0.1) is 10.2 Å². The molecule has 1 unspecified atom stereocenters. The van der Waals surface area contributed by atoms with Crippen molar-refractivity contribution >= 4 is 0 Å². The summed E-state index contributed by atoms with van der Waals surface area (Å²) in [5.74, 6) is 3.80. The fraction of sp³-hybridized carbons (Fsp3) is 0.846. The zero-order valence-corrected chi connectivity index (χ0v) is 10.6. The largest absolute Gasteiger partial charge is 0.381 e. The first-order valence-corrected chi connectivity index (χ1v) is 6.90. The Balaban J connectivity index is 1.85. The zero-order valence-electron chi connectivity index (χ0n) is 10.6. The van der Waals surface area contributed by atoms with Crippen LogP contribution in [0.25, 0.3) is 0 Å². The molecule has 1 aromatic heterocycles. The van der Waals surface area contributed by atoms with Crippen LogP contribution in [-0.4, -0.2) is 28.0 Å². The molecule has 0 saturated carbocycles. The van der Waals surface area contributed by atoms with Crippen LogP contribution >= 0.6 is 0 Å². The number of ether oxygens (including phenoxy) is 1. The molecular formula is C13H21N3O. The van der Waals surface area contributed by atoms with Crippen molar-refractivity contribution in [1.82, 2.24) is 14.8 Å². The fourth-order valence-electron chi connectivity index (χ4n) is 3.29. The first-order valence-electron chi connectivity index (χ1n) is 6.90. The Morgan fingerprint density at radius 2 is 2.06 bits per heavy atom. The van der Waals surface area contributed by atoms with Gasteiger partial charge in [0.05, 0.1) is 0 Å². The van der Waals surface area contributed by atoms with Gasteiger partial charge in [0.15, 0.2) is 0 Å². The third-order valence-corrected chi connectivity index (χ3v) is 4.24. The minimum Gasteiger partial charge on any atom is -0.381 e. The fourth-order valence-corrected chi connectivity index (χ4v) is 3.29. The molecule has 0 N–H and O–H groups in total. The van der Waals surface area contributed by atoms with Crippen molar-refractivity contribution in [1.29, 1.82) is 0 Å². The first kappa shape index (κ1) is 11.2. The van der Waals surface area contributed by atoms with Crippen molar-refractivity contribution in [2.45, 2.75) is 51.5 Å². The molecule has 4 heteroatoms. The molecule has 2 aliphatic heterocycles. The molecule has 3 heterocycles. The summed E-state index contributed by atoms with van der Waals surface area (Å²) in [7, 11) is 0. The van der Waals surface area contributed by atoms with E-state index in [-0.39, 0.29) is 0 Å². The minimum atomic E-state index is 0.625. The second kappa shape index (κ2) is 4.77. The molecule has 17 heavy (non-hydrogen) atoms. The predicted octanol–water partition coefficient (Wildman–Crippen LogP) is 2.14. The van der Waals surface area contributed by atoms with E-state index in [0.29, 0.717) is 5.92 Å². The number of aromatic nitrogens is 3. The van der Waals surface area contributed by atoms with Gasteiger partial charge in [-0.05, 0) is 31.6 Å². The molecule has 94 valence electrons. The molecule has 1 fully saturated rings. The molecule has 1 aromatic rings. The topological polar surface area (TPSA) is 39.9 Å². The molecule has 0 radical (unpaired) electrons. The highest BCUT2D eigenvalue weighted by Crippen LogP contribution is 2.37. The van der Waals surface area contributed by atoms with Crippen molar-refractivity contribution in [3.05, 3.63) is 11.6 Å². The van der Waals surface area contributed by atoms with Gasteiger partial charge in [0, 0.05) is 32.1 Å². The maximum absolute atomic E-state index is 5.46. The lowest BCUT2D eigenvalue weighted by atomic mass is 9.81. The van der Waals surface area contributed by atoms with Gasteiger partial charge in [0.1, 0.15) is 11.6 Å². The van der Waals surface area contributed by atoms with Gasteiger partial charge in [0.25, 0.3) is 0 Å². The smallest absolute Gasteiger partial charge is 0.136 e. The van der Waals surface area contributed by atoms with Crippen LogP contribution in [0, 0.1) is 5.92 Å². The van der Waals surface area contributed by atoms with Crippen molar-refractivity contribution in [3.8, 4) is 0 Å². The maximum atomic E-state index is 5.46. The van der Waals surface area contributed by atoms with Crippen LogP contribution in [0.15, 0.2) is 0 Å². The zero-order chi connectivity index (χ0) is 11.7. The van der Waals surface area contributed by atoms with E-state index >= 15 is 0 Å². The Kier molecular flexibility index (Phi) is 3.14. The number of nitrogens with zero attached hydrogens (tertiary/aromatic N) is 3. The number of fused-ring (bicyclic) bond motifs is 1. The van der Waals surface area contributed by atoms with E-state index < -0.39 is 0 Å². The molecule has 0 spiro atoms. The summed E-state index contributed by atoms with van der Waals surface area (Å²) in [5.41, 5.74) is 0. The molecule has 1 saturated heterocycles. The van der Waals surface area contributed by atoms with E-state index in [4.69, 9.17) is 4.74 Å². The van der Waals surface area contributed by atoms with Gasteiger partial charge in [0.2, 0.25) is 0 Å². The molecule has 3 rings (SSSR count). The summed E-state index contributed by atoms with van der Waals surface area (Å²) in [6.45, 7) is 5.13. The number of rotatable bonds is 2. The van der Waals surface area contributed by atoms with Crippen molar-refractivity contribution in [2.75, 3.05) is 13.2 Å². The predicted molar refractivity (Wildman–Crippen MR) is 64.9 cm³/mol. The Bertz CT molecular complexity index is 382. The van der Waals surface area contributed by atoms with E-state index in [9.17, 15) is 0 Å². The third-order valence-electron chi connectivity index (χ3n) is 4.24. The third kappa shape index (κ3) is 1.99. The summed E-state index contributed by atoms with van der Waals surface area (Å²) in [5, 5.41) is 8.80. The van der Waals surface area contributed by atoms with Gasteiger partial charge in [-0.25, -0.2) is 0 Å². The van der Waals surface area contributed by atoms with Gasteiger partial charge in [-0.1, -0.05) is 6.92 Å². The maximum Gasteiger partial charge on any atom is 0.136 e. The van der Waals surface area contributed by atoms with Crippen LogP contribution in [0.3, 0.4) is 0 Å². The molecule has 0 aromatic carbocycles. The highest BCUT2D eigenvalue weighted by molar-refractivity contribution is 5.07. The molecule has 4 nitrogen and oxygen atoms in total. The monoisotopic (exact) mass is 235 g/mol. The Labute approximate surface area is 102 Å².